The number of ether oxygens (including phenoxy) is 1. The van der Waals surface area contributed by atoms with Gasteiger partial charge >= 0.3 is 0 Å². The first kappa shape index (κ1) is 11.4. The highest BCUT2D eigenvalue weighted by atomic mass is 32.1. The van der Waals surface area contributed by atoms with Crippen LogP contribution >= 0.6 is 12.6 Å². The highest BCUT2D eigenvalue weighted by Crippen LogP contribution is 2.10. The van der Waals surface area contributed by atoms with Gasteiger partial charge in [0.1, 0.15) is 5.69 Å². The molecule has 1 amide bonds. The molecule has 1 unspecified atom stereocenters. The van der Waals surface area contributed by atoms with Crippen molar-refractivity contribution in [2.45, 2.75) is 23.8 Å². The molecule has 0 aromatic carbocycles. The summed E-state index contributed by atoms with van der Waals surface area (Å²) >= 11 is 4.11. The number of amides is 1. The summed E-state index contributed by atoms with van der Waals surface area (Å²) < 4.78 is 5.41. The molecule has 1 aromatic heterocycles. The third kappa shape index (κ3) is 2.96. The molecule has 1 aromatic rings. The Hall–Kier alpha value is -1.07. The number of pyridine rings is 1. The zero-order chi connectivity index (χ0) is 11.4. The van der Waals surface area contributed by atoms with Crippen molar-refractivity contribution in [3.05, 3.63) is 24.0 Å². The fourth-order valence-corrected chi connectivity index (χ4v) is 1.76. The SMILES string of the molecule is O=C(NCC1CCCO1)c1ccc(S)cn1. The number of nitrogens with zero attached hydrogens (tertiary/aromatic N) is 1. The molecule has 5 heteroatoms. The molecule has 1 fully saturated rings. The topological polar surface area (TPSA) is 51.2 Å². The third-order valence-electron chi connectivity index (χ3n) is 2.49. The molecule has 2 rings (SSSR count). The van der Waals surface area contributed by atoms with Crippen molar-refractivity contribution in [1.29, 1.82) is 0 Å². The van der Waals surface area contributed by atoms with Crippen LogP contribution in [0.25, 0.3) is 0 Å². The average molecular weight is 238 g/mol. The van der Waals surface area contributed by atoms with E-state index in [1.165, 1.54) is 0 Å². The number of hydrogen-bond donors (Lipinski definition) is 2. The molecule has 1 saturated heterocycles. The summed E-state index contributed by atoms with van der Waals surface area (Å²) in [6.07, 6.45) is 3.81. The summed E-state index contributed by atoms with van der Waals surface area (Å²) in [6, 6.07) is 3.41. The van der Waals surface area contributed by atoms with Crippen LogP contribution in [-0.4, -0.2) is 30.1 Å². The largest absolute Gasteiger partial charge is 0.376 e. The zero-order valence-electron chi connectivity index (χ0n) is 8.85. The summed E-state index contributed by atoms with van der Waals surface area (Å²) in [5, 5.41) is 2.81. The molecule has 1 N–H and O–H groups in total. The smallest absolute Gasteiger partial charge is 0.269 e. The Morgan fingerprint density at radius 3 is 3.12 bits per heavy atom. The standard InChI is InChI=1S/C11H14N2O2S/c14-11(10-4-3-9(16)7-12-10)13-6-8-2-1-5-15-8/h3-4,7-8,16H,1-2,5-6H2,(H,13,14). The van der Waals surface area contributed by atoms with Gasteiger partial charge in [0.25, 0.3) is 5.91 Å². The van der Waals surface area contributed by atoms with Crippen molar-refractivity contribution in [2.75, 3.05) is 13.2 Å². The molecule has 0 bridgehead atoms. The summed E-state index contributed by atoms with van der Waals surface area (Å²) in [5.74, 6) is -0.163. The fraction of sp³-hybridized carbons (Fsp3) is 0.455. The number of nitrogens with one attached hydrogen (secondary N) is 1. The Morgan fingerprint density at radius 1 is 1.62 bits per heavy atom. The minimum Gasteiger partial charge on any atom is -0.376 e. The van der Waals surface area contributed by atoms with Crippen LogP contribution < -0.4 is 5.32 Å². The molecule has 86 valence electrons. The van der Waals surface area contributed by atoms with E-state index in [1.54, 1.807) is 18.3 Å². The third-order valence-corrected chi connectivity index (χ3v) is 2.76. The number of rotatable bonds is 3. The Kier molecular flexibility index (Phi) is 3.79. The van der Waals surface area contributed by atoms with Gasteiger partial charge in [-0.1, -0.05) is 0 Å². The maximum atomic E-state index is 11.7. The summed E-state index contributed by atoms with van der Waals surface area (Å²) in [6.45, 7) is 1.36. The van der Waals surface area contributed by atoms with Crippen LogP contribution in [0.1, 0.15) is 23.3 Å². The first-order chi connectivity index (χ1) is 7.75. The van der Waals surface area contributed by atoms with E-state index >= 15 is 0 Å². The van der Waals surface area contributed by atoms with Gasteiger partial charge in [0.05, 0.1) is 6.10 Å². The van der Waals surface area contributed by atoms with E-state index in [0.29, 0.717) is 12.2 Å². The van der Waals surface area contributed by atoms with Crippen molar-refractivity contribution in [1.82, 2.24) is 10.3 Å². The van der Waals surface area contributed by atoms with Gasteiger partial charge in [-0.25, -0.2) is 4.98 Å². The van der Waals surface area contributed by atoms with Gasteiger partial charge in [-0.15, -0.1) is 12.6 Å². The Labute approximate surface area is 99.8 Å². The first-order valence-electron chi connectivity index (χ1n) is 5.30. The van der Waals surface area contributed by atoms with Gasteiger partial charge < -0.3 is 10.1 Å². The van der Waals surface area contributed by atoms with E-state index in [1.807, 2.05) is 0 Å². The monoisotopic (exact) mass is 238 g/mol. The van der Waals surface area contributed by atoms with Crippen LogP contribution in [0.4, 0.5) is 0 Å². The minimum absolute atomic E-state index is 0.160. The maximum absolute atomic E-state index is 11.7. The zero-order valence-corrected chi connectivity index (χ0v) is 9.74. The highest BCUT2D eigenvalue weighted by molar-refractivity contribution is 7.80. The quantitative estimate of drug-likeness (QED) is 0.780. The second-order valence-corrected chi connectivity index (χ2v) is 4.26. The molecular formula is C11H14N2O2S. The summed E-state index contributed by atoms with van der Waals surface area (Å²) in [7, 11) is 0. The van der Waals surface area contributed by atoms with E-state index in [2.05, 4.69) is 22.9 Å². The van der Waals surface area contributed by atoms with E-state index < -0.39 is 0 Å². The van der Waals surface area contributed by atoms with Gasteiger partial charge in [-0.3, -0.25) is 4.79 Å². The number of thiol groups is 1. The van der Waals surface area contributed by atoms with E-state index in [4.69, 9.17) is 4.74 Å². The van der Waals surface area contributed by atoms with Crippen LogP contribution in [0.15, 0.2) is 23.2 Å². The lowest BCUT2D eigenvalue weighted by Crippen LogP contribution is -2.32. The van der Waals surface area contributed by atoms with Gasteiger partial charge in [0, 0.05) is 24.2 Å². The second kappa shape index (κ2) is 5.32. The summed E-state index contributed by atoms with van der Waals surface area (Å²) in [4.78, 5) is 16.4. The maximum Gasteiger partial charge on any atom is 0.269 e. The van der Waals surface area contributed by atoms with Crippen LogP contribution in [0, 0.1) is 0 Å². The Balaban J connectivity index is 1.85. The predicted molar refractivity (Wildman–Crippen MR) is 62.8 cm³/mol. The van der Waals surface area contributed by atoms with Gasteiger partial charge in [-0.05, 0) is 25.0 Å². The molecule has 4 nitrogen and oxygen atoms in total. The average Bonchev–Trinajstić information content (AvgIpc) is 2.80. The molecular weight excluding hydrogens is 224 g/mol. The van der Waals surface area contributed by atoms with Crippen LogP contribution in [0.5, 0.6) is 0 Å². The molecule has 0 saturated carbocycles. The molecule has 0 spiro atoms. The van der Waals surface area contributed by atoms with Crippen molar-refractivity contribution < 1.29 is 9.53 Å². The van der Waals surface area contributed by atoms with Gasteiger partial charge in [0.15, 0.2) is 0 Å². The van der Waals surface area contributed by atoms with Crippen molar-refractivity contribution in [3.63, 3.8) is 0 Å². The number of aromatic nitrogens is 1. The lowest BCUT2D eigenvalue weighted by molar-refractivity contribution is 0.0853. The van der Waals surface area contributed by atoms with Crippen molar-refractivity contribution >= 4 is 18.5 Å². The van der Waals surface area contributed by atoms with E-state index in [-0.39, 0.29) is 12.0 Å². The van der Waals surface area contributed by atoms with Crippen LogP contribution in [0.3, 0.4) is 0 Å². The molecule has 1 aliphatic rings. The lowest BCUT2D eigenvalue weighted by Gasteiger charge is -2.10. The molecule has 16 heavy (non-hydrogen) atoms. The number of carbonyl (C=O) groups excluding carboxylic acids is 1. The highest BCUT2D eigenvalue weighted by Gasteiger charge is 2.16. The van der Waals surface area contributed by atoms with Crippen molar-refractivity contribution in [3.8, 4) is 0 Å². The van der Waals surface area contributed by atoms with Gasteiger partial charge in [-0.2, -0.15) is 0 Å². The molecule has 0 radical (unpaired) electrons. The van der Waals surface area contributed by atoms with Crippen LogP contribution in [0.2, 0.25) is 0 Å². The second-order valence-electron chi connectivity index (χ2n) is 3.75. The molecule has 1 atom stereocenters. The number of hydrogen-bond acceptors (Lipinski definition) is 4. The fourth-order valence-electron chi connectivity index (χ4n) is 1.62. The minimum atomic E-state index is -0.163. The van der Waals surface area contributed by atoms with Gasteiger partial charge in [0.2, 0.25) is 0 Å². The predicted octanol–water partition coefficient (Wildman–Crippen LogP) is 1.28. The Morgan fingerprint density at radius 2 is 2.50 bits per heavy atom. The lowest BCUT2D eigenvalue weighted by atomic mass is 10.2. The molecule has 2 heterocycles. The van der Waals surface area contributed by atoms with E-state index in [0.717, 1.165) is 24.3 Å². The molecule has 0 aliphatic carbocycles. The Bertz CT molecular complexity index is 361. The van der Waals surface area contributed by atoms with Crippen LogP contribution in [-0.2, 0) is 4.74 Å². The van der Waals surface area contributed by atoms with E-state index in [9.17, 15) is 4.79 Å². The first-order valence-corrected chi connectivity index (χ1v) is 5.75. The normalized spacial score (nSPS) is 19.7. The summed E-state index contributed by atoms with van der Waals surface area (Å²) in [5.41, 5.74) is 0.413. The number of carbonyl (C=O) groups is 1. The van der Waals surface area contributed by atoms with Crippen molar-refractivity contribution in [2.24, 2.45) is 0 Å². The molecule has 1 aliphatic heterocycles.